The van der Waals surface area contributed by atoms with Crippen LogP contribution in [0.4, 0.5) is 0 Å². The Morgan fingerprint density at radius 3 is 2.24 bits per heavy atom. The Balaban J connectivity index is 2.68. The van der Waals surface area contributed by atoms with E-state index in [1.54, 1.807) is 12.1 Å². The summed E-state index contributed by atoms with van der Waals surface area (Å²) in [4.78, 5) is 11.4. The maximum atomic E-state index is 11.4. The molecule has 0 saturated heterocycles. The number of rotatable bonds is 1. The van der Waals surface area contributed by atoms with Crippen molar-refractivity contribution in [3.8, 4) is 5.69 Å². The minimum Gasteiger partial charge on any atom is -0.318 e. The second kappa shape index (κ2) is 4.67. The van der Waals surface area contributed by atoms with Gasteiger partial charge in [-0.05, 0) is 48.0 Å². The van der Waals surface area contributed by atoms with E-state index in [0.29, 0.717) is 5.02 Å². The fraction of sp³-hybridized carbons (Fsp3) is 0.154. The van der Waals surface area contributed by atoms with E-state index < -0.39 is 0 Å². The van der Waals surface area contributed by atoms with Crippen molar-refractivity contribution in [2.24, 2.45) is 0 Å². The van der Waals surface area contributed by atoms with Gasteiger partial charge in [0.25, 0.3) is 0 Å². The molecule has 0 saturated carbocycles. The predicted molar refractivity (Wildman–Crippen MR) is 74.2 cm³/mol. The molecule has 0 radical (unpaired) electrons. The van der Waals surface area contributed by atoms with Gasteiger partial charge >= 0.3 is 0 Å². The molecule has 2 nitrogen and oxygen atoms in total. The first-order valence-corrected chi connectivity index (χ1v) is 6.32. The highest BCUT2D eigenvalue weighted by molar-refractivity contribution is 9.10. The Morgan fingerprint density at radius 2 is 1.71 bits per heavy atom. The Labute approximate surface area is 113 Å². The molecule has 1 aromatic carbocycles. The molecule has 0 bridgehead atoms. The zero-order valence-electron chi connectivity index (χ0n) is 9.50. The number of pyridine rings is 1. The van der Waals surface area contributed by atoms with Crippen molar-refractivity contribution >= 4 is 27.5 Å². The van der Waals surface area contributed by atoms with Gasteiger partial charge in [-0.2, -0.15) is 0 Å². The maximum absolute atomic E-state index is 11.4. The molecule has 2 rings (SSSR count). The van der Waals surface area contributed by atoms with E-state index in [2.05, 4.69) is 15.9 Å². The summed E-state index contributed by atoms with van der Waals surface area (Å²) in [6.45, 7) is 3.81. The standard InChI is InChI=1S/C13H11BrClNO/c1-8-5-11(17)6-9(2)16(8)10-3-4-12(14)13(15)7-10/h3-7H,1-2H3. The van der Waals surface area contributed by atoms with E-state index >= 15 is 0 Å². The fourth-order valence-electron chi connectivity index (χ4n) is 1.89. The van der Waals surface area contributed by atoms with Gasteiger partial charge in [0.2, 0.25) is 0 Å². The molecule has 0 amide bonds. The average Bonchev–Trinajstić information content (AvgIpc) is 2.21. The Bertz CT molecular complexity index is 608. The van der Waals surface area contributed by atoms with Crippen molar-refractivity contribution in [3.63, 3.8) is 0 Å². The number of hydrogen-bond donors (Lipinski definition) is 0. The number of hydrogen-bond acceptors (Lipinski definition) is 1. The highest BCUT2D eigenvalue weighted by Gasteiger charge is 2.06. The lowest BCUT2D eigenvalue weighted by Gasteiger charge is -2.14. The van der Waals surface area contributed by atoms with Gasteiger partial charge in [-0.25, -0.2) is 0 Å². The van der Waals surface area contributed by atoms with E-state index in [4.69, 9.17) is 11.6 Å². The lowest BCUT2D eigenvalue weighted by molar-refractivity contribution is 0.922. The Hall–Kier alpha value is -1.06. The monoisotopic (exact) mass is 311 g/mol. The number of aromatic nitrogens is 1. The second-order valence-electron chi connectivity index (χ2n) is 3.91. The van der Waals surface area contributed by atoms with Crippen LogP contribution in [0.15, 0.2) is 39.6 Å². The summed E-state index contributed by atoms with van der Waals surface area (Å²) in [7, 11) is 0. The summed E-state index contributed by atoms with van der Waals surface area (Å²) in [6.07, 6.45) is 0. The summed E-state index contributed by atoms with van der Waals surface area (Å²) in [5.41, 5.74) is 2.77. The Kier molecular flexibility index (Phi) is 3.40. The van der Waals surface area contributed by atoms with Crippen LogP contribution in [-0.4, -0.2) is 4.57 Å². The van der Waals surface area contributed by atoms with Gasteiger partial charge in [-0.1, -0.05) is 11.6 Å². The van der Waals surface area contributed by atoms with Crippen LogP contribution in [0.5, 0.6) is 0 Å². The van der Waals surface area contributed by atoms with Crippen LogP contribution in [0.3, 0.4) is 0 Å². The average molecular weight is 313 g/mol. The van der Waals surface area contributed by atoms with E-state index in [0.717, 1.165) is 21.5 Å². The maximum Gasteiger partial charge on any atom is 0.182 e. The summed E-state index contributed by atoms with van der Waals surface area (Å²) < 4.78 is 2.86. The van der Waals surface area contributed by atoms with Gasteiger partial charge in [0, 0.05) is 33.7 Å². The third-order valence-corrected chi connectivity index (χ3v) is 3.80. The van der Waals surface area contributed by atoms with E-state index in [9.17, 15) is 4.79 Å². The molecule has 88 valence electrons. The smallest absolute Gasteiger partial charge is 0.182 e. The third-order valence-electron chi connectivity index (χ3n) is 2.57. The first kappa shape index (κ1) is 12.4. The quantitative estimate of drug-likeness (QED) is 0.783. The molecule has 0 atom stereocenters. The van der Waals surface area contributed by atoms with Gasteiger partial charge in [-0.15, -0.1) is 0 Å². The molecule has 1 aromatic heterocycles. The molecule has 0 N–H and O–H groups in total. The molecule has 4 heteroatoms. The lowest BCUT2D eigenvalue weighted by Crippen LogP contribution is -2.11. The van der Waals surface area contributed by atoms with Crippen LogP contribution in [0.1, 0.15) is 11.4 Å². The number of nitrogens with zero attached hydrogens (tertiary/aromatic N) is 1. The minimum atomic E-state index is 0.0273. The van der Waals surface area contributed by atoms with Crippen molar-refractivity contribution in [1.29, 1.82) is 0 Å². The normalized spacial score (nSPS) is 10.6. The summed E-state index contributed by atoms with van der Waals surface area (Å²) >= 11 is 9.44. The molecule has 17 heavy (non-hydrogen) atoms. The Morgan fingerprint density at radius 1 is 1.12 bits per heavy atom. The minimum absolute atomic E-state index is 0.0273. The van der Waals surface area contributed by atoms with Crippen molar-refractivity contribution in [3.05, 3.63) is 61.4 Å². The van der Waals surface area contributed by atoms with Crippen LogP contribution < -0.4 is 5.43 Å². The van der Waals surface area contributed by atoms with Crippen LogP contribution in [-0.2, 0) is 0 Å². The molecule has 0 aliphatic rings. The number of benzene rings is 1. The SMILES string of the molecule is Cc1cc(=O)cc(C)n1-c1ccc(Br)c(Cl)c1. The van der Waals surface area contributed by atoms with E-state index in [1.807, 2.05) is 36.6 Å². The lowest BCUT2D eigenvalue weighted by atomic mass is 10.2. The highest BCUT2D eigenvalue weighted by Crippen LogP contribution is 2.25. The van der Waals surface area contributed by atoms with Gasteiger partial charge in [-0.3, -0.25) is 4.79 Å². The van der Waals surface area contributed by atoms with Crippen LogP contribution in [0.2, 0.25) is 5.02 Å². The largest absolute Gasteiger partial charge is 0.318 e. The zero-order valence-corrected chi connectivity index (χ0v) is 11.8. The predicted octanol–water partition coefficient (Wildman–Crippen LogP) is 3.87. The second-order valence-corrected chi connectivity index (χ2v) is 5.17. The highest BCUT2D eigenvalue weighted by atomic mass is 79.9. The zero-order chi connectivity index (χ0) is 12.6. The number of aryl methyl sites for hydroxylation is 2. The van der Waals surface area contributed by atoms with Crippen molar-refractivity contribution in [2.75, 3.05) is 0 Å². The van der Waals surface area contributed by atoms with Gasteiger partial charge in [0.1, 0.15) is 0 Å². The van der Waals surface area contributed by atoms with E-state index in [-0.39, 0.29) is 5.43 Å². The van der Waals surface area contributed by atoms with Gasteiger partial charge in [0.15, 0.2) is 5.43 Å². The first-order valence-electron chi connectivity index (χ1n) is 5.15. The fourth-order valence-corrected chi connectivity index (χ4v) is 2.31. The molecular formula is C13H11BrClNO. The van der Waals surface area contributed by atoms with Crippen molar-refractivity contribution in [2.45, 2.75) is 13.8 Å². The molecule has 1 heterocycles. The topological polar surface area (TPSA) is 22.0 Å². The summed E-state index contributed by atoms with van der Waals surface area (Å²) in [5, 5.41) is 0.653. The van der Waals surface area contributed by atoms with Crippen molar-refractivity contribution in [1.82, 2.24) is 4.57 Å². The molecule has 2 aromatic rings. The van der Waals surface area contributed by atoms with Gasteiger partial charge < -0.3 is 4.57 Å². The molecule has 0 unspecified atom stereocenters. The molecule has 0 aliphatic heterocycles. The molecule has 0 spiro atoms. The third kappa shape index (κ3) is 2.45. The molecule has 0 fully saturated rings. The van der Waals surface area contributed by atoms with E-state index in [1.165, 1.54) is 0 Å². The van der Waals surface area contributed by atoms with Crippen molar-refractivity contribution < 1.29 is 0 Å². The van der Waals surface area contributed by atoms with Crippen LogP contribution >= 0.6 is 27.5 Å². The van der Waals surface area contributed by atoms with Crippen LogP contribution in [0, 0.1) is 13.8 Å². The molecular weight excluding hydrogens is 302 g/mol. The van der Waals surface area contributed by atoms with Gasteiger partial charge in [0.05, 0.1) is 5.02 Å². The molecule has 0 aliphatic carbocycles. The summed E-state index contributed by atoms with van der Waals surface area (Å²) in [6, 6.07) is 8.96. The summed E-state index contributed by atoms with van der Waals surface area (Å²) in [5.74, 6) is 0. The van der Waals surface area contributed by atoms with Crippen LogP contribution in [0.25, 0.3) is 5.69 Å². The first-order chi connectivity index (χ1) is 7.99. The number of halogens is 2.